The van der Waals surface area contributed by atoms with Crippen molar-refractivity contribution in [2.24, 2.45) is 0 Å². The second-order valence-corrected chi connectivity index (χ2v) is 5.27. The van der Waals surface area contributed by atoms with Crippen LogP contribution in [0.15, 0.2) is 21.2 Å². The Kier molecular flexibility index (Phi) is 4.61. The fourth-order valence-corrected chi connectivity index (χ4v) is 2.56. The van der Waals surface area contributed by atoms with Gasteiger partial charge in [-0.3, -0.25) is 9.69 Å². The molecule has 0 saturated carbocycles. The van der Waals surface area contributed by atoms with Crippen LogP contribution in [-0.2, 0) is 0 Å². The van der Waals surface area contributed by atoms with E-state index in [0.717, 1.165) is 19.5 Å². The average molecular weight is 326 g/mol. The Bertz CT molecular complexity index is 486. The highest BCUT2D eigenvalue weighted by atomic mass is 79.9. The molecule has 0 N–H and O–H groups in total. The number of amides is 1. The van der Waals surface area contributed by atoms with Gasteiger partial charge in [-0.2, -0.15) is 5.26 Å². The number of nitrogens with zero attached hydrogens (tertiary/aromatic N) is 3. The molecule has 1 saturated heterocycles. The third-order valence-electron chi connectivity index (χ3n) is 3.36. The van der Waals surface area contributed by atoms with Gasteiger partial charge in [-0.05, 0) is 34.5 Å². The number of halogens is 1. The number of carbonyl (C=O) groups excluding carboxylic acids is 1. The second-order valence-electron chi connectivity index (χ2n) is 4.49. The van der Waals surface area contributed by atoms with Gasteiger partial charge in [0.2, 0.25) is 0 Å². The number of carbonyl (C=O) groups is 1. The van der Waals surface area contributed by atoms with Crippen LogP contribution >= 0.6 is 15.9 Å². The van der Waals surface area contributed by atoms with E-state index in [1.54, 1.807) is 17.0 Å². The Hall–Kier alpha value is -1.32. The van der Waals surface area contributed by atoms with Crippen LogP contribution in [0.4, 0.5) is 0 Å². The smallest absolute Gasteiger partial charge is 0.289 e. The van der Waals surface area contributed by atoms with Crippen molar-refractivity contribution in [2.45, 2.75) is 19.4 Å². The molecule has 1 amide bonds. The van der Waals surface area contributed by atoms with E-state index in [0.29, 0.717) is 23.5 Å². The van der Waals surface area contributed by atoms with Crippen LogP contribution < -0.4 is 0 Å². The fourth-order valence-electron chi connectivity index (χ4n) is 2.25. The summed E-state index contributed by atoms with van der Waals surface area (Å²) in [6, 6.07) is 5.64. The molecule has 1 aromatic rings. The SMILES string of the molecule is CCC(C#N)N1CCN(C(=O)c2ccc(Br)o2)CC1. The lowest BCUT2D eigenvalue weighted by atomic mass is 10.2. The number of piperazine rings is 1. The highest BCUT2D eigenvalue weighted by molar-refractivity contribution is 9.10. The first-order chi connectivity index (χ1) is 9.15. The molecule has 6 heteroatoms. The van der Waals surface area contributed by atoms with E-state index in [1.807, 2.05) is 6.92 Å². The predicted octanol–water partition coefficient (Wildman–Crippen LogP) is 2.10. The highest BCUT2D eigenvalue weighted by Crippen LogP contribution is 2.17. The van der Waals surface area contributed by atoms with Crippen molar-refractivity contribution in [3.05, 3.63) is 22.6 Å². The first kappa shape index (κ1) is 14.1. The molecule has 0 bridgehead atoms. The molecule has 1 aliphatic rings. The molecular weight excluding hydrogens is 310 g/mol. The Labute approximate surface area is 120 Å². The summed E-state index contributed by atoms with van der Waals surface area (Å²) in [7, 11) is 0. The minimum absolute atomic E-state index is 0.0463. The molecule has 0 radical (unpaired) electrons. The van der Waals surface area contributed by atoms with Gasteiger partial charge in [-0.1, -0.05) is 6.92 Å². The largest absolute Gasteiger partial charge is 0.444 e. The summed E-state index contributed by atoms with van der Waals surface area (Å²) in [4.78, 5) is 16.1. The molecule has 2 heterocycles. The van der Waals surface area contributed by atoms with E-state index in [2.05, 4.69) is 26.9 Å². The minimum atomic E-state index is -0.0876. The van der Waals surface area contributed by atoms with Gasteiger partial charge in [0.25, 0.3) is 5.91 Å². The summed E-state index contributed by atoms with van der Waals surface area (Å²) < 4.78 is 5.83. The van der Waals surface area contributed by atoms with Gasteiger partial charge < -0.3 is 9.32 Å². The zero-order valence-corrected chi connectivity index (χ0v) is 12.4. The molecule has 1 fully saturated rings. The van der Waals surface area contributed by atoms with Gasteiger partial charge >= 0.3 is 0 Å². The number of furan rings is 1. The molecule has 1 aromatic heterocycles. The third kappa shape index (κ3) is 3.17. The average Bonchev–Trinajstić information content (AvgIpc) is 2.87. The molecule has 5 nitrogen and oxygen atoms in total. The van der Waals surface area contributed by atoms with Gasteiger partial charge in [-0.15, -0.1) is 0 Å². The Morgan fingerprint density at radius 2 is 2.16 bits per heavy atom. The van der Waals surface area contributed by atoms with Gasteiger partial charge in [0.1, 0.15) is 0 Å². The number of hydrogen-bond donors (Lipinski definition) is 0. The summed E-state index contributed by atoms with van der Waals surface area (Å²) in [5.74, 6) is 0.267. The number of hydrogen-bond acceptors (Lipinski definition) is 4. The molecule has 0 aliphatic carbocycles. The van der Waals surface area contributed by atoms with Crippen LogP contribution in [0.3, 0.4) is 0 Å². The van der Waals surface area contributed by atoms with Crippen LogP contribution in [0, 0.1) is 11.3 Å². The van der Waals surface area contributed by atoms with Crippen molar-refractivity contribution in [3.8, 4) is 6.07 Å². The lowest BCUT2D eigenvalue weighted by Crippen LogP contribution is -2.51. The van der Waals surface area contributed by atoms with Crippen LogP contribution in [0.5, 0.6) is 0 Å². The summed E-state index contributed by atoms with van der Waals surface area (Å²) in [5, 5.41) is 9.04. The fraction of sp³-hybridized carbons (Fsp3) is 0.538. The van der Waals surface area contributed by atoms with Crippen molar-refractivity contribution in [3.63, 3.8) is 0 Å². The molecule has 2 rings (SSSR count). The topological polar surface area (TPSA) is 60.5 Å². The van der Waals surface area contributed by atoms with Crippen molar-refractivity contribution < 1.29 is 9.21 Å². The molecule has 1 atom stereocenters. The van der Waals surface area contributed by atoms with E-state index in [9.17, 15) is 4.79 Å². The summed E-state index contributed by atoms with van der Waals surface area (Å²) in [5.41, 5.74) is 0. The van der Waals surface area contributed by atoms with Crippen LogP contribution in [-0.4, -0.2) is 47.9 Å². The Morgan fingerprint density at radius 3 is 2.63 bits per heavy atom. The maximum Gasteiger partial charge on any atom is 0.289 e. The Morgan fingerprint density at radius 1 is 1.47 bits per heavy atom. The number of nitriles is 1. The van der Waals surface area contributed by atoms with Gasteiger partial charge in [0.15, 0.2) is 10.4 Å². The molecular formula is C13H16BrN3O2. The maximum atomic E-state index is 12.2. The van der Waals surface area contributed by atoms with Gasteiger partial charge in [0.05, 0.1) is 12.1 Å². The van der Waals surface area contributed by atoms with Crippen molar-refractivity contribution in [2.75, 3.05) is 26.2 Å². The van der Waals surface area contributed by atoms with Crippen molar-refractivity contribution >= 4 is 21.8 Å². The van der Waals surface area contributed by atoms with Crippen LogP contribution in [0.1, 0.15) is 23.9 Å². The molecule has 0 aromatic carbocycles. The lowest BCUT2D eigenvalue weighted by Gasteiger charge is -2.36. The standard InChI is InChI=1S/C13H16BrN3O2/c1-2-10(9-15)16-5-7-17(8-6-16)13(18)11-3-4-12(14)19-11/h3-4,10H,2,5-8H2,1H3. The predicted molar refractivity (Wildman–Crippen MR) is 73.6 cm³/mol. The van der Waals surface area contributed by atoms with Gasteiger partial charge in [0, 0.05) is 26.2 Å². The molecule has 0 spiro atoms. The van der Waals surface area contributed by atoms with E-state index in [1.165, 1.54) is 0 Å². The lowest BCUT2D eigenvalue weighted by molar-refractivity contribution is 0.0573. The first-order valence-corrected chi connectivity index (χ1v) is 7.13. The molecule has 19 heavy (non-hydrogen) atoms. The van der Waals surface area contributed by atoms with Gasteiger partial charge in [-0.25, -0.2) is 0 Å². The second kappa shape index (κ2) is 6.22. The molecule has 1 aliphatic heterocycles. The van der Waals surface area contributed by atoms with E-state index in [4.69, 9.17) is 9.68 Å². The van der Waals surface area contributed by atoms with E-state index < -0.39 is 0 Å². The van der Waals surface area contributed by atoms with Crippen molar-refractivity contribution in [1.82, 2.24) is 9.80 Å². The normalized spacial score (nSPS) is 18.1. The van der Waals surface area contributed by atoms with Crippen LogP contribution in [0.2, 0.25) is 0 Å². The zero-order valence-electron chi connectivity index (χ0n) is 10.8. The molecule has 102 valence electrons. The molecule has 1 unspecified atom stereocenters. The zero-order chi connectivity index (χ0) is 13.8. The monoisotopic (exact) mass is 325 g/mol. The summed E-state index contributed by atoms with van der Waals surface area (Å²) in [6.07, 6.45) is 0.815. The summed E-state index contributed by atoms with van der Waals surface area (Å²) >= 11 is 3.19. The minimum Gasteiger partial charge on any atom is -0.444 e. The first-order valence-electron chi connectivity index (χ1n) is 6.34. The van der Waals surface area contributed by atoms with Crippen LogP contribution in [0.25, 0.3) is 0 Å². The number of rotatable bonds is 3. The van der Waals surface area contributed by atoms with Crippen molar-refractivity contribution in [1.29, 1.82) is 5.26 Å². The third-order valence-corrected chi connectivity index (χ3v) is 3.79. The summed E-state index contributed by atoms with van der Waals surface area (Å²) in [6.45, 7) is 4.75. The maximum absolute atomic E-state index is 12.2. The highest BCUT2D eigenvalue weighted by Gasteiger charge is 2.26. The van der Waals surface area contributed by atoms with E-state index in [-0.39, 0.29) is 11.9 Å². The van der Waals surface area contributed by atoms with E-state index >= 15 is 0 Å². The quantitative estimate of drug-likeness (QED) is 0.853. The Balaban J connectivity index is 1.93.